The molecule has 0 spiro atoms. The van der Waals surface area contributed by atoms with Crippen molar-refractivity contribution in [2.24, 2.45) is 0 Å². The monoisotopic (exact) mass is 373 g/mol. The molecule has 7 heteroatoms. The number of aryl methyl sites for hydroxylation is 1. The number of nitrogens with one attached hydrogen (secondary N) is 1. The van der Waals surface area contributed by atoms with Crippen LogP contribution in [0.3, 0.4) is 0 Å². The second-order valence-electron chi connectivity index (χ2n) is 5.34. The Bertz CT molecular complexity index is 642. The van der Waals surface area contributed by atoms with Gasteiger partial charge in [0.1, 0.15) is 4.88 Å². The van der Waals surface area contributed by atoms with Crippen LogP contribution in [-0.4, -0.2) is 42.0 Å². The van der Waals surface area contributed by atoms with Gasteiger partial charge in [-0.3, -0.25) is 4.79 Å². The third-order valence-corrected chi connectivity index (χ3v) is 4.84. The van der Waals surface area contributed by atoms with Gasteiger partial charge >= 0.3 is 0 Å². The number of hydrogen-bond donors (Lipinski definition) is 1. The maximum Gasteiger partial charge on any atom is 0.266 e. The summed E-state index contributed by atoms with van der Waals surface area (Å²) in [6.45, 7) is 3.81. The molecule has 23 heavy (non-hydrogen) atoms. The molecule has 1 aliphatic rings. The number of halogens is 2. The SMILES string of the molecule is Cc1nc(-c2ccccc2)c(C(=O)N(C)C2CCNC2)s1.Cl.Cl. The van der Waals surface area contributed by atoms with Crippen molar-refractivity contribution in [1.82, 2.24) is 15.2 Å². The number of hydrogen-bond acceptors (Lipinski definition) is 4. The number of aromatic nitrogens is 1. The Morgan fingerprint density at radius 1 is 1.30 bits per heavy atom. The number of carbonyl (C=O) groups excluding carboxylic acids is 1. The number of rotatable bonds is 3. The Morgan fingerprint density at radius 2 is 2.00 bits per heavy atom. The van der Waals surface area contributed by atoms with Gasteiger partial charge in [0.2, 0.25) is 0 Å². The van der Waals surface area contributed by atoms with Gasteiger partial charge < -0.3 is 10.2 Å². The van der Waals surface area contributed by atoms with Crippen LogP contribution in [0, 0.1) is 6.92 Å². The highest BCUT2D eigenvalue weighted by atomic mass is 35.5. The highest BCUT2D eigenvalue weighted by Gasteiger charge is 2.27. The number of nitrogens with zero attached hydrogens (tertiary/aromatic N) is 2. The minimum absolute atomic E-state index is 0. The van der Waals surface area contributed by atoms with Crippen molar-refractivity contribution in [3.8, 4) is 11.3 Å². The summed E-state index contributed by atoms with van der Waals surface area (Å²) in [6.07, 6.45) is 1.01. The lowest BCUT2D eigenvalue weighted by Gasteiger charge is -2.23. The van der Waals surface area contributed by atoms with Crippen molar-refractivity contribution in [1.29, 1.82) is 0 Å². The molecule has 126 valence electrons. The fraction of sp³-hybridized carbons (Fsp3) is 0.375. The maximum atomic E-state index is 12.8. The zero-order valence-electron chi connectivity index (χ0n) is 13.1. The number of benzene rings is 1. The second kappa shape index (κ2) is 8.64. The quantitative estimate of drug-likeness (QED) is 0.896. The number of thiazole rings is 1. The van der Waals surface area contributed by atoms with Gasteiger partial charge in [-0.25, -0.2) is 4.98 Å². The summed E-state index contributed by atoms with van der Waals surface area (Å²) in [5.74, 6) is 0.0770. The van der Waals surface area contributed by atoms with Crippen LogP contribution < -0.4 is 5.32 Å². The molecule has 1 aromatic heterocycles. The summed E-state index contributed by atoms with van der Waals surface area (Å²) >= 11 is 1.48. The first-order valence-corrected chi connectivity index (χ1v) is 7.99. The molecule has 4 nitrogen and oxygen atoms in total. The smallest absolute Gasteiger partial charge is 0.266 e. The molecule has 1 unspecified atom stereocenters. The van der Waals surface area contributed by atoms with Crippen molar-refractivity contribution >= 4 is 42.1 Å². The molecular formula is C16H21Cl2N3OS. The van der Waals surface area contributed by atoms with Gasteiger partial charge in [0.05, 0.1) is 10.7 Å². The van der Waals surface area contributed by atoms with Crippen molar-refractivity contribution in [2.45, 2.75) is 19.4 Å². The molecule has 0 radical (unpaired) electrons. The summed E-state index contributed by atoms with van der Waals surface area (Å²) in [5, 5.41) is 4.23. The highest BCUT2D eigenvalue weighted by Crippen LogP contribution is 2.29. The topological polar surface area (TPSA) is 45.2 Å². The van der Waals surface area contributed by atoms with E-state index in [0.717, 1.165) is 40.7 Å². The van der Waals surface area contributed by atoms with Crippen molar-refractivity contribution in [3.05, 3.63) is 40.2 Å². The van der Waals surface area contributed by atoms with Crippen LogP contribution >= 0.6 is 36.2 Å². The van der Waals surface area contributed by atoms with Crippen LogP contribution in [0.4, 0.5) is 0 Å². The predicted octanol–water partition coefficient (Wildman–Crippen LogP) is 3.40. The van der Waals surface area contributed by atoms with Crippen molar-refractivity contribution in [3.63, 3.8) is 0 Å². The summed E-state index contributed by atoms with van der Waals surface area (Å²) in [6, 6.07) is 10.2. The van der Waals surface area contributed by atoms with E-state index in [4.69, 9.17) is 0 Å². The lowest BCUT2D eigenvalue weighted by atomic mass is 10.1. The van der Waals surface area contributed by atoms with Crippen LogP contribution in [0.15, 0.2) is 30.3 Å². The Balaban J connectivity index is 0.00000132. The number of carbonyl (C=O) groups is 1. The fourth-order valence-corrected chi connectivity index (χ4v) is 3.58. The minimum Gasteiger partial charge on any atom is -0.337 e. The molecule has 1 atom stereocenters. The third-order valence-electron chi connectivity index (χ3n) is 3.88. The molecule has 0 saturated carbocycles. The van der Waals surface area contributed by atoms with E-state index in [1.54, 1.807) is 0 Å². The molecule has 2 heterocycles. The lowest BCUT2D eigenvalue weighted by molar-refractivity contribution is 0.0749. The first kappa shape index (κ1) is 19.9. The largest absolute Gasteiger partial charge is 0.337 e. The van der Waals surface area contributed by atoms with Crippen LogP contribution in [0.5, 0.6) is 0 Å². The Morgan fingerprint density at radius 3 is 2.61 bits per heavy atom. The maximum absolute atomic E-state index is 12.8. The molecule has 0 aliphatic carbocycles. The van der Waals surface area contributed by atoms with Gasteiger partial charge in [-0.1, -0.05) is 30.3 Å². The molecule has 3 rings (SSSR count). The first-order valence-electron chi connectivity index (χ1n) is 7.17. The van der Waals surface area contributed by atoms with E-state index in [2.05, 4.69) is 10.3 Å². The normalized spacial score (nSPS) is 16.3. The molecule has 1 amide bonds. The molecule has 1 aliphatic heterocycles. The van der Waals surface area contributed by atoms with E-state index in [9.17, 15) is 4.79 Å². The Kier molecular flexibility index (Phi) is 7.48. The highest BCUT2D eigenvalue weighted by molar-refractivity contribution is 7.14. The van der Waals surface area contributed by atoms with Crippen LogP contribution in [0.1, 0.15) is 21.1 Å². The van der Waals surface area contributed by atoms with Gasteiger partial charge in [0.15, 0.2) is 0 Å². The van der Waals surface area contributed by atoms with Crippen molar-refractivity contribution < 1.29 is 4.79 Å². The van der Waals surface area contributed by atoms with E-state index in [1.165, 1.54) is 11.3 Å². The fourth-order valence-electron chi connectivity index (χ4n) is 2.66. The average molecular weight is 374 g/mol. The van der Waals surface area contributed by atoms with Crippen molar-refractivity contribution in [2.75, 3.05) is 20.1 Å². The van der Waals surface area contributed by atoms with Crippen LogP contribution in [-0.2, 0) is 0 Å². The first-order chi connectivity index (χ1) is 10.2. The molecule has 1 fully saturated rings. The summed E-state index contributed by atoms with van der Waals surface area (Å²) < 4.78 is 0. The molecular weight excluding hydrogens is 353 g/mol. The molecule has 1 saturated heterocycles. The second-order valence-corrected chi connectivity index (χ2v) is 6.54. The van der Waals surface area contributed by atoms with E-state index in [0.29, 0.717) is 0 Å². The Labute approximate surface area is 153 Å². The van der Waals surface area contributed by atoms with E-state index in [1.807, 2.05) is 49.2 Å². The van der Waals surface area contributed by atoms with Gasteiger partial charge in [-0.2, -0.15) is 0 Å². The minimum atomic E-state index is 0. The standard InChI is InChI=1S/C16H19N3OS.2ClH/c1-11-18-14(12-6-4-3-5-7-12)15(21-11)16(20)19(2)13-8-9-17-10-13;;/h3-7,13,17H,8-10H2,1-2H3;2*1H. The molecule has 0 bridgehead atoms. The molecule has 1 aromatic carbocycles. The number of amides is 1. The summed E-state index contributed by atoms with van der Waals surface area (Å²) in [7, 11) is 1.89. The Hall–Kier alpha value is -1.14. The van der Waals surface area contributed by atoms with Crippen LogP contribution in [0.25, 0.3) is 11.3 Å². The van der Waals surface area contributed by atoms with E-state index >= 15 is 0 Å². The molecule has 2 aromatic rings. The number of likely N-dealkylation sites (N-methyl/N-ethyl adjacent to an activating group) is 1. The van der Waals surface area contributed by atoms with E-state index in [-0.39, 0.29) is 36.8 Å². The average Bonchev–Trinajstić information content (AvgIpc) is 3.16. The zero-order chi connectivity index (χ0) is 14.8. The van der Waals surface area contributed by atoms with Gasteiger partial charge in [0.25, 0.3) is 5.91 Å². The van der Waals surface area contributed by atoms with E-state index < -0.39 is 0 Å². The lowest BCUT2D eigenvalue weighted by Crippen LogP contribution is -2.38. The summed E-state index contributed by atoms with van der Waals surface area (Å²) in [5.41, 5.74) is 1.81. The van der Waals surface area contributed by atoms with Gasteiger partial charge in [-0.15, -0.1) is 36.2 Å². The third kappa shape index (κ3) is 4.23. The zero-order valence-corrected chi connectivity index (χ0v) is 15.6. The van der Waals surface area contributed by atoms with Gasteiger partial charge in [-0.05, 0) is 19.9 Å². The summed E-state index contributed by atoms with van der Waals surface area (Å²) in [4.78, 5) is 20.0. The molecule has 1 N–H and O–H groups in total. The van der Waals surface area contributed by atoms with Gasteiger partial charge in [0, 0.05) is 25.2 Å². The predicted molar refractivity (Wildman–Crippen MR) is 100 cm³/mol. The van der Waals surface area contributed by atoms with Crippen LogP contribution in [0.2, 0.25) is 0 Å².